The number of rotatable bonds is 4. The molecule has 3 aromatic rings. The average molecular weight is 468 g/mol. The summed E-state index contributed by atoms with van der Waals surface area (Å²) in [7, 11) is 0. The van der Waals surface area contributed by atoms with E-state index in [4.69, 9.17) is 0 Å². The van der Waals surface area contributed by atoms with Gasteiger partial charge in [-0.1, -0.05) is 36.4 Å². The van der Waals surface area contributed by atoms with Crippen LogP contribution in [0.2, 0.25) is 0 Å². The number of nitro groups is 1. The molecule has 1 atom stereocenters. The molecule has 4 rings (SSSR count). The zero-order chi connectivity index (χ0) is 24.6. The highest BCUT2D eigenvalue weighted by Crippen LogP contribution is 2.43. The first kappa shape index (κ1) is 22.7. The minimum Gasteiger partial charge on any atom is -0.507 e. The highest BCUT2D eigenvalue weighted by Gasteiger charge is 2.47. The topological polar surface area (TPSA) is 101 Å². The van der Waals surface area contributed by atoms with Crippen molar-refractivity contribution in [2.75, 3.05) is 4.90 Å². The Hall–Kier alpha value is -4.47. The van der Waals surface area contributed by atoms with Gasteiger partial charge in [-0.05, 0) is 35.9 Å². The molecule has 172 valence electrons. The molecule has 1 heterocycles. The summed E-state index contributed by atoms with van der Waals surface area (Å²) in [6.45, 7) is 0. The third-order valence-corrected chi connectivity index (χ3v) is 5.36. The van der Waals surface area contributed by atoms with Crippen LogP contribution in [0.5, 0.6) is 0 Å². The SMILES string of the molecule is O=C1C(=O)N(c2cccc(C(F)(F)F)c2)[C@H](c2ccc([N+](=O)[O-])cc2)C1=C(O)c1ccccc1. The number of anilines is 1. The normalized spacial score (nSPS) is 17.7. The summed E-state index contributed by atoms with van der Waals surface area (Å²) in [5, 5.41) is 22.0. The molecule has 10 heteroatoms. The van der Waals surface area contributed by atoms with Gasteiger partial charge in [0.2, 0.25) is 0 Å². The van der Waals surface area contributed by atoms with Gasteiger partial charge in [-0.3, -0.25) is 24.6 Å². The van der Waals surface area contributed by atoms with Crippen LogP contribution >= 0.6 is 0 Å². The van der Waals surface area contributed by atoms with Crippen LogP contribution in [0.15, 0.2) is 84.4 Å². The minimum atomic E-state index is -4.70. The number of benzene rings is 3. The fraction of sp³-hybridized carbons (Fsp3) is 0.0833. The molecule has 0 unspecified atom stereocenters. The third-order valence-electron chi connectivity index (χ3n) is 5.36. The Morgan fingerprint density at radius 1 is 0.941 bits per heavy atom. The van der Waals surface area contributed by atoms with Crippen LogP contribution in [0.1, 0.15) is 22.7 Å². The molecule has 0 aliphatic carbocycles. The lowest BCUT2D eigenvalue weighted by molar-refractivity contribution is -0.384. The Morgan fingerprint density at radius 3 is 2.18 bits per heavy atom. The molecule has 1 aliphatic heterocycles. The van der Waals surface area contributed by atoms with Crippen LogP contribution in [-0.2, 0) is 15.8 Å². The quantitative estimate of drug-likeness (QED) is 0.186. The highest BCUT2D eigenvalue weighted by atomic mass is 19.4. The van der Waals surface area contributed by atoms with Crippen molar-refractivity contribution in [1.82, 2.24) is 0 Å². The maximum Gasteiger partial charge on any atom is 0.416 e. The van der Waals surface area contributed by atoms with Gasteiger partial charge in [0, 0.05) is 23.4 Å². The lowest BCUT2D eigenvalue weighted by Crippen LogP contribution is -2.29. The Morgan fingerprint density at radius 2 is 1.59 bits per heavy atom. The number of non-ortho nitro benzene ring substituents is 1. The number of nitrogens with zero attached hydrogens (tertiary/aromatic N) is 2. The molecule has 1 aliphatic rings. The number of alkyl halides is 3. The van der Waals surface area contributed by atoms with Gasteiger partial charge in [-0.2, -0.15) is 13.2 Å². The van der Waals surface area contributed by atoms with Crippen LogP contribution in [0.3, 0.4) is 0 Å². The zero-order valence-electron chi connectivity index (χ0n) is 17.2. The van der Waals surface area contributed by atoms with Crippen molar-refractivity contribution in [1.29, 1.82) is 0 Å². The molecule has 1 amide bonds. The number of ketones is 1. The lowest BCUT2D eigenvalue weighted by Gasteiger charge is -2.26. The predicted molar refractivity (Wildman–Crippen MR) is 116 cm³/mol. The van der Waals surface area contributed by atoms with Crippen molar-refractivity contribution in [2.24, 2.45) is 0 Å². The first-order valence-electron chi connectivity index (χ1n) is 9.87. The highest BCUT2D eigenvalue weighted by molar-refractivity contribution is 6.51. The zero-order valence-corrected chi connectivity index (χ0v) is 17.2. The molecule has 0 saturated carbocycles. The molecule has 0 aromatic heterocycles. The first-order valence-corrected chi connectivity index (χ1v) is 9.87. The minimum absolute atomic E-state index is 0.194. The number of amides is 1. The second kappa shape index (κ2) is 8.47. The van der Waals surface area contributed by atoms with Gasteiger partial charge in [0.1, 0.15) is 5.76 Å². The molecule has 7 nitrogen and oxygen atoms in total. The van der Waals surface area contributed by atoms with Crippen molar-refractivity contribution in [3.05, 3.63) is 111 Å². The van der Waals surface area contributed by atoms with Crippen LogP contribution in [0.25, 0.3) is 5.76 Å². The Bertz CT molecular complexity index is 1320. The van der Waals surface area contributed by atoms with Crippen molar-refractivity contribution in [2.45, 2.75) is 12.2 Å². The second-order valence-electron chi connectivity index (χ2n) is 7.43. The number of hydrogen-bond acceptors (Lipinski definition) is 5. The second-order valence-corrected chi connectivity index (χ2v) is 7.43. The van der Waals surface area contributed by atoms with Gasteiger partial charge in [0.15, 0.2) is 0 Å². The van der Waals surface area contributed by atoms with Gasteiger partial charge in [0.25, 0.3) is 17.4 Å². The van der Waals surface area contributed by atoms with Crippen LogP contribution in [0, 0.1) is 10.1 Å². The summed E-state index contributed by atoms with van der Waals surface area (Å²) in [6.07, 6.45) is -4.70. The summed E-state index contributed by atoms with van der Waals surface area (Å²) < 4.78 is 39.9. The fourth-order valence-electron chi connectivity index (χ4n) is 3.78. The Labute approximate surface area is 190 Å². The first-order chi connectivity index (χ1) is 16.1. The Balaban J connectivity index is 1.94. The van der Waals surface area contributed by atoms with E-state index >= 15 is 0 Å². The summed E-state index contributed by atoms with van der Waals surface area (Å²) in [5.41, 5.74) is -1.44. The molecular weight excluding hydrogens is 453 g/mol. The van der Waals surface area contributed by atoms with E-state index in [0.29, 0.717) is 0 Å². The van der Waals surface area contributed by atoms with E-state index in [2.05, 4.69) is 0 Å². The summed E-state index contributed by atoms with van der Waals surface area (Å²) in [5.74, 6) is -2.75. The molecular formula is C24H15F3N2O5. The van der Waals surface area contributed by atoms with Gasteiger partial charge >= 0.3 is 6.18 Å². The van der Waals surface area contributed by atoms with E-state index in [0.717, 1.165) is 35.2 Å². The van der Waals surface area contributed by atoms with E-state index in [1.807, 2.05) is 0 Å². The van der Waals surface area contributed by atoms with E-state index in [1.54, 1.807) is 18.2 Å². The third kappa shape index (κ3) is 4.01. The molecule has 0 spiro atoms. The number of nitro benzene ring substituents is 1. The smallest absolute Gasteiger partial charge is 0.416 e. The van der Waals surface area contributed by atoms with Crippen molar-refractivity contribution in [3.8, 4) is 0 Å². The maximum atomic E-state index is 13.3. The number of aliphatic hydroxyl groups is 1. The molecule has 34 heavy (non-hydrogen) atoms. The molecule has 1 fully saturated rings. The number of aliphatic hydroxyl groups excluding tert-OH is 1. The molecule has 3 aromatic carbocycles. The molecule has 1 saturated heterocycles. The van der Waals surface area contributed by atoms with Gasteiger partial charge in [-0.25, -0.2) is 0 Å². The van der Waals surface area contributed by atoms with Gasteiger partial charge in [-0.15, -0.1) is 0 Å². The number of carbonyl (C=O) groups is 2. The number of halogens is 3. The summed E-state index contributed by atoms with van der Waals surface area (Å²) >= 11 is 0. The van der Waals surface area contributed by atoms with Gasteiger partial charge in [0.05, 0.1) is 22.1 Å². The molecule has 0 radical (unpaired) electrons. The largest absolute Gasteiger partial charge is 0.507 e. The Kier molecular flexibility index (Phi) is 5.66. The molecule has 0 bridgehead atoms. The van der Waals surface area contributed by atoms with E-state index in [1.165, 1.54) is 30.3 Å². The van der Waals surface area contributed by atoms with Crippen molar-refractivity contribution < 1.29 is 32.8 Å². The maximum absolute atomic E-state index is 13.3. The van der Waals surface area contributed by atoms with Gasteiger partial charge < -0.3 is 5.11 Å². The summed E-state index contributed by atoms with van der Waals surface area (Å²) in [4.78, 5) is 37.3. The standard InChI is InChI=1S/C24H15F3N2O5/c25-24(26,27)16-7-4-8-18(13-16)28-20(14-9-11-17(12-10-14)29(33)34)19(22(31)23(28)32)21(30)15-5-2-1-3-6-15/h1-13,20,30H/t20-/m1/s1. The van der Waals surface area contributed by atoms with Crippen LogP contribution in [0.4, 0.5) is 24.5 Å². The number of carbonyl (C=O) groups excluding carboxylic acids is 2. The van der Waals surface area contributed by atoms with Crippen molar-refractivity contribution in [3.63, 3.8) is 0 Å². The number of hydrogen-bond donors (Lipinski definition) is 1. The monoisotopic (exact) mass is 468 g/mol. The fourth-order valence-corrected chi connectivity index (χ4v) is 3.78. The van der Waals surface area contributed by atoms with E-state index < -0.39 is 40.2 Å². The average Bonchev–Trinajstić information content (AvgIpc) is 3.09. The van der Waals surface area contributed by atoms with Crippen LogP contribution < -0.4 is 4.90 Å². The predicted octanol–water partition coefficient (Wildman–Crippen LogP) is 5.24. The van der Waals surface area contributed by atoms with Crippen molar-refractivity contribution >= 4 is 28.8 Å². The summed E-state index contributed by atoms with van der Waals surface area (Å²) in [6, 6.07) is 15.3. The van der Waals surface area contributed by atoms with E-state index in [-0.39, 0.29) is 28.1 Å². The molecule has 1 N–H and O–H groups in total. The lowest BCUT2D eigenvalue weighted by atomic mass is 9.95. The van der Waals surface area contributed by atoms with Crippen LogP contribution in [-0.4, -0.2) is 21.7 Å². The number of Topliss-reactive ketones (excluding diaryl/α,β-unsaturated/α-hetero) is 1. The van der Waals surface area contributed by atoms with E-state index in [9.17, 15) is 38.0 Å².